The average molecular weight is 383 g/mol. The van der Waals surface area contributed by atoms with Crippen molar-refractivity contribution in [1.82, 2.24) is 9.97 Å². The van der Waals surface area contributed by atoms with Crippen molar-refractivity contribution in [2.45, 2.75) is 19.4 Å². The smallest absolute Gasteiger partial charge is 0.260 e. The predicted octanol–water partition coefficient (Wildman–Crippen LogP) is 3.58. The van der Waals surface area contributed by atoms with Gasteiger partial charge in [0, 0.05) is 22.2 Å². The highest BCUT2D eigenvalue weighted by atomic mass is 32.1. The van der Waals surface area contributed by atoms with Crippen LogP contribution >= 0.6 is 22.7 Å². The standard InChI is InChI=1S/C20H19N3OS2/c1-13(21-10-9-14-6-3-2-4-7-14)18-22-19(24)17-15(12-26-20(17)23-18)16-8-5-11-25-16/h2-8,11-13,21H,9-10H2,1H3,(H,22,23,24)/p+1/t13-/m1/s1. The number of rotatable bonds is 6. The number of quaternary nitrogens is 1. The molecule has 0 unspecified atom stereocenters. The van der Waals surface area contributed by atoms with Gasteiger partial charge in [-0.05, 0) is 23.9 Å². The van der Waals surface area contributed by atoms with Crippen molar-refractivity contribution in [3.05, 3.63) is 75.0 Å². The Kier molecular flexibility index (Phi) is 4.97. The van der Waals surface area contributed by atoms with Gasteiger partial charge < -0.3 is 10.3 Å². The number of aromatic amines is 1. The first-order valence-corrected chi connectivity index (χ1v) is 10.4. The number of hydrogen-bond acceptors (Lipinski definition) is 4. The number of nitrogens with one attached hydrogen (secondary N) is 1. The lowest BCUT2D eigenvalue weighted by Crippen LogP contribution is -2.85. The molecule has 6 heteroatoms. The molecule has 0 saturated carbocycles. The molecule has 0 amide bonds. The van der Waals surface area contributed by atoms with Gasteiger partial charge in [-0.25, -0.2) is 4.98 Å². The van der Waals surface area contributed by atoms with Gasteiger partial charge in [-0.2, -0.15) is 0 Å². The number of nitrogens with zero attached hydrogens (tertiary/aromatic N) is 1. The van der Waals surface area contributed by atoms with Gasteiger partial charge in [0.15, 0.2) is 5.82 Å². The summed E-state index contributed by atoms with van der Waals surface area (Å²) in [5.74, 6) is 0.746. The summed E-state index contributed by atoms with van der Waals surface area (Å²) in [6, 6.07) is 14.6. The van der Waals surface area contributed by atoms with E-state index < -0.39 is 0 Å². The molecule has 4 aromatic rings. The maximum Gasteiger partial charge on any atom is 0.260 e. The highest BCUT2D eigenvalue weighted by Crippen LogP contribution is 2.33. The Morgan fingerprint density at radius 2 is 2.00 bits per heavy atom. The van der Waals surface area contributed by atoms with E-state index in [9.17, 15) is 4.79 Å². The number of thiophene rings is 2. The van der Waals surface area contributed by atoms with Gasteiger partial charge in [0.1, 0.15) is 10.9 Å². The number of nitrogens with two attached hydrogens (primary N) is 1. The molecule has 0 fully saturated rings. The minimum Gasteiger partial charge on any atom is -0.337 e. The first-order chi connectivity index (χ1) is 12.7. The molecule has 0 radical (unpaired) electrons. The molecule has 0 aliphatic heterocycles. The number of fused-ring (bicyclic) bond motifs is 1. The summed E-state index contributed by atoms with van der Waals surface area (Å²) in [5, 5.41) is 6.99. The van der Waals surface area contributed by atoms with Gasteiger partial charge in [0.05, 0.1) is 11.9 Å². The van der Waals surface area contributed by atoms with Crippen molar-refractivity contribution >= 4 is 32.9 Å². The Morgan fingerprint density at radius 1 is 1.15 bits per heavy atom. The fraction of sp³-hybridized carbons (Fsp3) is 0.200. The van der Waals surface area contributed by atoms with E-state index in [1.807, 2.05) is 29.0 Å². The van der Waals surface area contributed by atoms with Crippen molar-refractivity contribution in [2.75, 3.05) is 6.54 Å². The van der Waals surface area contributed by atoms with Crippen molar-refractivity contribution in [1.29, 1.82) is 0 Å². The molecule has 0 bridgehead atoms. The molecule has 0 spiro atoms. The van der Waals surface area contributed by atoms with Gasteiger partial charge in [-0.3, -0.25) is 4.79 Å². The third kappa shape index (κ3) is 3.49. The monoisotopic (exact) mass is 382 g/mol. The van der Waals surface area contributed by atoms with Crippen LogP contribution in [0.5, 0.6) is 0 Å². The topological polar surface area (TPSA) is 62.4 Å². The van der Waals surface area contributed by atoms with Crippen molar-refractivity contribution in [2.24, 2.45) is 0 Å². The van der Waals surface area contributed by atoms with E-state index in [2.05, 4.69) is 41.5 Å². The zero-order valence-electron chi connectivity index (χ0n) is 14.4. The summed E-state index contributed by atoms with van der Waals surface area (Å²) in [5.41, 5.74) is 2.27. The molecular weight excluding hydrogens is 362 g/mol. The third-order valence-corrected chi connectivity index (χ3v) is 6.25. The van der Waals surface area contributed by atoms with Crippen LogP contribution < -0.4 is 10.9 Å². The number of hydrogen-bond donors (Lipinski definition) is 2. The van der Waals surface area contributed by atoms with Gasteiger partial charge >= 0.3 is 0 Å². The number of H-pyrrole nitrogens is 1. The van der Waals surface area contributed by atoms with E-state index in [4.69, 9.17) is 4.98 Å². The van der Waals surface area contributed by atoms with E-state index in [0.29, 0.717) is 5.39 Å². The van der Waals surface area contributed by atoms with Crippen LogP contribution in [0.15, 0.2) is 58.0 Å². The van der Waals surface area contributed by atoms with Crippen LogP contribution in [-0.2, 0) is 6.42 Å². The van der Waals surface area contributed by atoms with E-state index in [0.717, 1.165) is 34.1 Å². The minimum atomic E-state index is -0.0436. The van der Waals surface area contributed by atoms with Crippen LogP contribution in [0.1, 0.15) is 24.4 Å². The van der Waals surface area contributed by atoms with E-state index in [-0.39, 0.29) is 11.6 Å². The van der Waals surface area contributed by atoms with E-state index in [1.165, 1.54) is 5.56 Å². The van der Waals surface area contributed by atoms with E-state index in [1.54, 1.807) is 22.7 Å². The number of benzene rings is 1. The molecule has 0 saturated heterocycles. The van der Waals surface area contributed by atoms with Crippen molar-refractivity contribution in [3.8, 4) is 10.4 Å². The van der Waals surface area contributed by atoms with Crippen LogP contribution in [-0.4, -0.2) is 16.5 Å². The fourth-order valence-corrected chi connectivity index (χ4v) is 4.82. The fourth-order valence-electron chi connectivity index (χ4n) is 3.05. The molecule has 4 nitrogen and oxygen atoms in total. The van der Waals surface area contributed by atoms with Crippen molar-refractivity contribution < 1.29 is 5.32 Å². The van der Waals surface area contributed by atoms with E-state index >= 15 is 0 Å². The zero-order valence-corrected chi connectivity index (χ0v) is 16.1. The highest BCUT2D eigenvalue weighted by molar-refractivity contribution is 7.18. The second-order valence-corrected chi connectivity index (χ2v) is 8.11. The quantitative estimate of drug-likeness (QED) is 0.535. The highest BCUT2D eigenvalue weighted by Gasteiger charge is 2.17. The lowest BCUT2D eigenvalue weighted by molar-refractivity contribution is -0.693. The Balaban J connectivity index is 1.53. The Morgan fingerprint density at radius 3 is 2.77 bits per heavy atom. The summed E-state index contributed by atoms with van der Waals surface area (Å²) < 4.78 is 0. The molecule has 0 aliphatic carbocycles. The largest absolute Gasteiger partial charge is 0.337 e. The molecule has 1 aromatic carbocycles. The summed E-state index contributed by atoms with van der Waals surface area (Å²) in [6.45, 7) is 3.04. The van der Waals surface area contributed by atoms with Gasteiger partial charge in [-0.1, -0.05) is 36.4 Å². The first kappa shape index (κ1) is 17.1. The molecule has 3 aromatic heterocycles. The Labute approximate surface area is 159 Å². The van der Waals surface area contributed by atoms with Crippen molar-refractivity contribution in [3.63, 3.8) is 0 Å². The minimum absolute atomic E-state index is 0.0436. The molecule has 3 heterocycles. The predicted molar refractivity (Wildman–Crippen MR) is 109 cm³/mol. The molecule has 3 N–H and O–H groups in total. The normalized spacial score (nSPS) is 12.5. The summed E-state index contributed by atoms with van der Waals surface area (Å²) in [4.78, 5) is 22.3. The Hall–Kier alpha value is -2.28. The molecule has 132 valence electrons. The second kappa shape index (κ2) is 7.53. The average Bonchev–Trinajstić information content (AvgIpc) is 3.32. The third-order valence-electron chi connectivity index (χ3n) is 4.48. The molecule has 4 rings (SSSR count). The maximum atomic E-state index is 12.7. The molecule has 26 heavy (non-hydrogen) atoms. The van der Waals surface area contributed by atoms with Gasteiger partial charge in [-0.15, -0.1) is 22.7 Å². The van der Waals surface area contributed by atoms with Gasteiger partial charge in [0.2, 0.25) is 0 Å². The van der Waals surface area contributed by atoms with Crippen LogP contribution in [0.2, 0.25) is 0 Å². The summed E-state index contributed by atoms with van der Waals surface area (Å²) in [6.07, 6.45) is 0.999. The number of aromatic nitrogens is 2. The second-order valence-electron chi connectivity index (χ2n) is 6.31. The lowest BCUT2D eigenvalue weighted by Gasteiger charge is -2.10. The SMILES string of the molecule is C[C@@H]([NH2+]CCc1ccccc1)c1nc2scc(-c3cccs3)c2c(=O)[nH]1. The summed E-state index contributed by atoms with van der Waals surface area (Å²) in [7, 11) is 0. The molecule has 0 aliphatic rings. The zero-order chi connectivity index (χ0) is 17.9. The van der Waals surface area contributed by atoms with Crippen LogP contribution in [0.25, 0.3) is 20.7 Å². The van der Waals surface area contributed by atoms with Gasteiger partial charge in [0.25, 0.3) is 5.56 Å². The summed E-state index contributed by atoms with van der Waals surface area (Å²) >= 11 is 3.18. The molecule has 1 atom stereocenters. The maximum absolute atomic E-state index is 12.7. The Bertz CT molecular complexity index is 1050. The first-order valence-electron chi connectivity index (χ1n) is 8.65. The van der Waals surface area contributed by atoms with Crippen LogP contribution in [0, 0.1) is 0 Å². The van der Waals surface area contributed by atoms with Crippen LogP contribution in [0.3, 0.4) is 0 Å². The van der Waals surface area contributed by atoms with Crippen LogP contribution in [0.4, 0.5) is 0 Å². The lowest BCUT2D eigenvalue weighted by atomic mass is 10.1. The molecular formula is C20H20N3OS2+.